The average molecular weight is 405 g/mol. The number of nitrogens with zero attached hydrogens (tertiary/aromatic N) is 3. The Kier molecular flexibility index (Phi) is 8.27. The van der Waals surface area contributed by atoms with E-state index < -0.39 is 24.3 Å². The van der Waals surface area contributed by atoms with Crippen molar-refractivity contribution in [2.75, 3.05) is 13.2 Å². The molecule has 7 nitrogen and oxygen atoms in total. The van der Waals surface area contributed by atoms with Crippen LogP contribution in [0.4, 0.5) is 0 Å². The summed E-state index contributed by atoms with van der Waals surface area (Å²) in [6.07, 6.45) is 5.56. The molecular formula is C19H39N3O4P+. The van der Waals surface area contributed by atoms with Gasteiger partial charge in [-0.1, -0.05) is 20.8 Å². The molecule has 0 aliphatic carbocycles. The van der Waals surface area contributed by atoms with Crippen LogP contribution in [0.15, 0.2) is 18.7 Å². The van der Waals surface area contributed by atoms with Gasteiger partial charge in [0.2, 0.25) is 12.6 Å². The Hall–Kier alpha value is -0.720. The van der Waals surface area contributed by atoms with E-state index in [4.69, 9.17) is 13.9 Å². The smallest absolute Gasteiger partial charge is 0.308 e. The zero-order chi connectivity index (χ0) is 21.0. The van der Waals surface area contributed by atoms with Gasteiger partial charge in [-0.2, -0.15) is 5.06 Å². The lowest BCUT2D eigenvalue weighted by Crippen LogP contribution is -2.54. The minimum absolute atomic E-state index is 0.285. The van der Waals surface area contributed by atoms with Crippen LogP contribution in [0.5, 0.6) is 0 Å². The van der Waals surface area contributed by atoms with E-state index in [9.17, 15) is 4.57 Å². The van der Waals surface area contributed by atoms with Crippen molar-refractivity contribution in [3.8, 4) is 0 Å². The summed E-state index contributed by atoms with van der Waals surface area (Å²) in [5.74, 6) is -0.573. The zero-order valence-corrected chi connectivity index (χ0v) is 19.6. The number of hydroxylamine groups is 2. The van der Waals surface area contributed by atoms with Gasteiger partial charge in [0, 0.05) is 12.5 Å². The summed E-state index contributed by atoms with van der Waals surface area (Å²) in [7, 11) is -1.50. The molecule has 2 atom stereocenters. The highest BCUT2D eigenvalue weighted by molar-refractivity contribution is 7.54. The van der Waals surface area contributed by atoms with E-state index in [0.29, 0.717) is 13.2 Å². The van der Waals surface area contributed by atoms with Crippen molar-refractivity contribution >= 4 is 7.60 Å². The fourth-order valence-electron chi connectivity index (χ4n) is 2.98. The molecule has 0 aliphatic rings. The summed E-state index contributed by atoms with van der Waals surface area (Å²) in [5.41, 5.74) is -0.834. The lowest BCUT2D eigenvalue weighted by Gasteiger charge is -2.47. The van der Waals surface area contributed by atoms with Crippen LogP contribution >= 0.6 is 7.60 Å². The third-order valence-electron chi connectivity index (χ3n) is 4.05. The third-order valence-corrected chi connectivity index (χ3v) is 6.87. The van der Waals surface area contributed by atoms with Gasteiger partial charge in [-0.25, -0.2) is 9.13 Å². The number of hydrogen-bond acceptors (Lipinski definition) is 5. The largest absolute Gasteiger partial charge is 0.350 e. The van der Waals surface area contributed by atoms with Crippen LogP contribution < -0.4 is 4.57 Å². The lowest BCUT2D eigenvalue weighted by atomic mass is 9.94. The van der Waals surface area contributed by atoms with Crippen LogP contribution in [0.2, 0.25) is 0 Å². The van der Waals surface area contributed by atoms with Gasteiger partial charge in [0.05, 0.1) is 20.3 Å². The van der Waals surface area contributed by atoms with Crippen molar-refractivity contribution in [3.63, 3.8) is 0 Å². The number of rotatable bonds is 9. The molecule has 0 saturated heterocycles. The lowest BCUT2D eigenvalue weighted by molar-refractivity contribution is -0.671. The number of hydrogen-bond donors (Lipinski definition) is 0. The maximum absolute atomic E-state index is 13.8. The average Bonchev–Trinajstić information content (AvgIpc) is 2.91. The summed E-state index contributed by atoms with van der Waals surface area (Å²) < 4.78 is 29.2. The second-order valence-corrected chi connectivity index (χ2v) is 10.9. The standard InChI is InChI=1S/C19H39N3O4P/c1-11-24-27(23,25-12-2)17(18(4,5)6)22(19(7,8)9)26-16(3)21-14-13-20(10)15-21/h13-17H,11-12H2,1-10H3/q+1. The van der Waals surface area contributed by atoms with E-state index in [0.717, 1.165) is 0 Å². The van der Waals surface area contributed by atoms with Crippen LogP contribution in [-0.4, -0.2) is 34.2 Å². The Morgan fingerprint density at radius 2 is 1.63 bits per heavy atom. The van der Waals surface area contributed by atoms with Crippen molar-refractivity contribution in [2.45, 2.75) is 79.9 Å². The first-order chi connectivity index (χ1) is 12.3. The quantitative estimate of drug-likeness (QED) is 0.345. The molecule has 1 aromatic heterocycles. The molecule has 1 aromatic rings. The first kappa shape index (κ1) is 24.3. The molecule has 0 radical (unpaired) electrons. The molecule has 0 aliphatic heterocycles. The van der Waals surface area contributed by atoms with Crippen LogP contribution in [0.25, 0.3) is 0 Å². The molecule has 0 amide bonds. The molecular weight excluding hydrogens is 365 g/mol. The maximum Gasteiger partial charge on any atom is 0.350 e. The summed E-state index contributed by atoms with van der Waals surface area (Å²) in [4.78, 5) is 6.39. The van der Waals surface area contributed by atoms with Crippen LogP contribution in [0.3, 0.4) is 0 Å². The van der Waals surface area contributed by atoms with E-state index in [1.165, 1.54) is 0 Å². The minimum atomic E-state index is -3.46. The summed E-state index contributed by atoms with van der Waals surface area (Å²) in [6, 6.07) is 0. The fraction of sp³-hybridized carbons (Fsp3) is 0.842. The summed E-state index contributed by atoms with van der Waals surface area (Å²) in [5, 5.41) is 1.81. The van der Waals surface area contributed by atoms with Crippen molar-refractivity contribution in [1.29, 1.82) is 0 Å². The van der Waals surface area contributed by atoms with E-state index in [1.54, 1.807) is 0 Å². The van der Waals surface area contributed by atoms with E-state index in [-0.39, 0.29) is 6.23 Å². The molecule has 0 bridgehead atoms. The highest BCUT2D eigenvalue weighted by Gasteiger charge is 2.52. The van der Waals surface area contributed by atoms with Gasteiger partial charge in [-0.3, -0.25) is 9.40 Å². The SMILES string of the molecule is CCOP(=O)(OCC)C(N(OC(C)n1cc[n+](C)c1)C(C)(C)C)C(C)(C)C. The molecule has 158 valence electrons. The number of imidazole rings is 1. The second kappa shape index (κ2) is 9.19. The Labute approximate surface area is 165 Å². The van der Waals surface area contributed by atoms with Crippen LogP contribution in [0.1, 0.15) is 68.5 Å². The number of aryl methyl sites for hydroxylation is 1. The van der Waals surface area contributed by atoms with E-state index in [1.807, 2.05) is 102 Å². The van der Waals surface area contributed by atoms with E-state index >= 15 is 0 Å². The van der Waals surface area contributed by atoms with Crippen molar-refractivity contribution < 1.29 is 23.0 Å². The monoisotopic (exact) mass is 404 g/mol. The molecule has 0 spiro atoms. The minimum Gasteiger partial charge on any atom is -0.308 e. The molecule has 2 unspecified atom stereocenters. The van der Waals surface area contributed by atoms with Crippen molar-refractivity contribution in [2.24, 2.45) is 12.5 Å². The van der Waals surface area contributed by atoms with Gasteiger partial charge in [-0.05, 0) is 40.0 Å². The van der Waals surface area contributed by atoms with Gasteiger partial charge in [0.25, 0.3) is 0 Å². The van der Waals surface area contributed by atoms with Crippen molar-refractivity contribution in [3.05, 3.63) is 18.7 Å². The molecule has 1 rings (SSSR count). The predicted octanol–water partition coefficient (Wildman–Crippen LogP) is 4.50. The molecule has 27 heavy (non-hydrogen) atoms. The normalized spacial score (nSPS) is 16.0. The van der Waals surface area contributed by atoms with Gasteiger partial charge in [-0.15, -0.1) is 0 Å². The first-order valence-corrected chi connectivity index (χ1v) is 11.2. The molecule has 0 aromatic carbocycles. The molecule has 0 saturated carbocycles. The van der Waals surface area contributed by atoms with Crippen LogP contribution in [-0.2, 0) is 25.5 Å². The molecule has 8 heteroatoms. The second-order valence-electron chi connectivity index (χ2n) is 8.84. The first-order valence-electron chi connectivity index (χ1n) is 9.64. The van der Waals surface area contributed by atoms with Gasteiger partial charge in [0.15, 0.2) is 0 Å². The zero-order valence-electron chi connectivity index (χ0n) is 18.7. The summed E-state index contributed by atoms with van der Waals surface area (Å²) >= 11 is 0. The summed E-state index contributed by atoms with van der Waals surface area (Å²) in [6.45, 7) is 18.5. The van der Waals surface area contributed by atoms with Gasteiger partial charge in [0.1, 0.15) is 18.2 Å². The molecule has 0 fully saturated rings. The Bertz CT molecular complexity index is 624. The third kappa shape index (κ3) is 6.40. The number of aromatic nitrogens is 2. The predicted molar refractivity (Wildman–Crippen MR) is 107 cm³/mol. The Balaban J connectivity index is 3.38. The van der Waals surface area contributed by atoms with Gasteiger partial charge < -0.3 is 9.05 Å². The van der Waals surface area contributed by atoms with Gasteiger partial charge >= 0.3 is 7.60 Å². The molecule has 0 N–H and O–H groups in total. The Morgan fingerprint density at radius 3 is 1.96 bits per heavy atom. The van der Waals surface area contributed by atoms with Crippen LogP contribution in [0, 0.1) is 5.41 Å². The van der Waals surface area contributed by atoms with Crippen molar-refractivity contribution in [1.82, 2.24) is 9.63 Å². The maximum atomic E-state index is 13.8. The topological polar surface area (TPSA) is 56.8 Å². The highest BCUT2D eigenvalue weighted by atomic mass is 31.2. The van der Waals surface area contributed by atoms with E-state index in [2.05, 4.69) is 0 Å². The highest BCUT2D eigenvalue weighted by Crippen LogP contribution is 2.61. The fourth-order valence-corrected chi connectivity index (χ4v) is 5.66. The Morgan fingerprint density at radius 1 is 1.11 bits per heavy atom. The molecule has 1 heterocycles.